The van der Waals surface area contributed by atoms with Gasteiger partial charge in [-0.2, -0.15) is 0 Å². The van der Waals surface area contributed by atoms with E-state index in [1.807, 2.05) is 0 Å². The average Bonchev–Trinajstić information content (AvgIpc) is 3.01. The number of rotatable bonds is 3. The van der Waals surface area contributed by atoms with Gasteiger partial charge in [-0.25, -0.2) is 9.18 Å². The Kier molecular flexibility index (Phi) is 4.59. The first-order chi connectivity index (χ1) is 11.9. The fraction of sp³-hybridized carbons (Fsp3) is 0.158. The largest absolute Gasteiger partial charge is 0.330 e. The molecule has 25 heavy (non-hydrogen) atoms. The van der Waals surface area contributed by atoms with Gasteiger partial charge >= 0.3 is 6.03 Å². The Morgan fingerprint density at radius 1 is 1.12 bits per heavy atom. The highest BCUT2D eigenvalue weighted by atomic mass is 35.5. The van der Waals surface area contributed by atoms with Crippen molar-refractivity contribution in [2.45, 2.75) is 5.88 Å². The van der Waals surface area contributed by atoms with E-state index in [1.54, 1.807) is 44.4 Å². The summed E-state index contributed by atoms with van der Waals surface area (Å²) in [4.78, 5) is 26.6. The van der Waals surface area contributed by atoms with Gasteiger partial charge in [0.1, 0.15) is 5.82 Å². The van der Waals surface area contributed by atoms with Crippen molar-refractivity contribution in [2.75, 3.05) is 14.1 Å². The minimum Gasteiger partial charge on any atom is -0.330 e. The number of ketones is 1. The Labute approximate surface area is 149 Å². The smallest absolute Gasteiger partial charge is 0.328 e. The van der Waals surface area contributed by atoms with E-state index in [2.05, 4.69) is 0 Å². The van der Waals surface area contributed by atoms with E-state index in [0.717, 1.165) is 5.56 Å². The lowest BCUT2D eigenvalue weighted by atomic mass is 10.0. The fourth-order valence-corrected chi connectivity index (χ4v) is 2.87. The number of carbonyl (C=O) groups is 2. The van der Waals surface area contributed by atoms with E-state index in [1.165, 1.54) is 27.8 Å². The Hall–Kier alpha value is -2.66. The highest BCUT2D eigenvalue weighted by Crippen LogP contribution is 2.27. The maximum absolute atomic E-state index is 14.4. The van der Waals surface area contributed by atoms with Crippen molar-refractivity contribution >= 4 is 34.3 Å². The average molecular weight is 359 g/mol. The zero-order valence-corrected chi connectivity index (χ0v) is 14.5. The standard InChI is InChI=1S/C19H16ClFN2O2/c1-22(2)19(25)23-11-14(17-15(21)4-3-5-16(17)23)18(24)13-8-6-12(10-20)7-9-13/h3-9,11H,10H2,1-2H3. The maximum Gasteiger partial charge on any atom is 0.328 e. The molecular weight excluding hydrogens is 343 g/mol. The van der Waals surface area contributed by atoms with Crippen LogP contribution in [0.2, 0.25) is 0 Å². The molecule has 0 atom stereocenters. The molecule has 0 radical (unpaired) electrons. The number of nitrogens with zero attached hydrogens (tertiary/aromatic N) is 2. The summed E-state index contributed by atoms with van der Waals surface area (Å²) < 4.78 is 15.7. The van der Waals surface area contributed by atoms with Gasteiger partial charge in [-0.1, -0.05) is 30.3 Å². The second-order valence-corrected chi connectivity index (χ2v) is 6.15. The van der Waals surface area contributed by atoms with Crippen LogP contribution in [0.4, 0.5) is 9.18 Å². The lowest BCUT2D eigenvalue weighted by Gasteiger charge is -2.11. The summed E-state index contributed by atoms with van der Waals surface area (Å²) in [6, 6.07) is 10.9. The number of fused-ring (bicyclic) bond motifs is 1. The Bertz CT molecular complexity index is 961. The number of amides is 1. The van der Waals surface area contributed by atoms with Crippen LogP contribution in [0.15, 0.2) is 48.7 Å². The topological polar surface area (TPSA) is 42.3 Å². The maximum atomic E-state index is 14.4. The molecule has 0 bridgehead atoms. The van der Waals surface area contributed by atoms with E-state index in [4.69, 9.17) is 11.6 Å². The zero-order valence-electron chi connectivity index (χ0n) is 13.8. The molecule has 0 fully saturated rings. The van der Waals surface area contributed by atoms with Crippen LogP contribution in [0, 0.1) is 5.82 Å². The van der Waals surface area contributed by atoms with Crippen molar-refractivity contribution in [3.05, 3.63) is 71.2 Å². The molecule has 3 aromatic rings. The van der Waals surface area contributed by atoms with Gasteiger partial charge < -0.3 is 4.90 Å². The predicted octanol–water partition coefficient (Wildman–Crippen LogP) is 4.28. The van der Waals surface area contributed by atoms with Gasteiger partial charge in [0.2, 0.25) is 0 Å². The van der Waals surface area contributed by atoms with Crippen LogP contribution in [-0.2, 0) is 5.88 Å². The molecular formula is C19H16ClFN2O2. The third kappa shape index (κ3) is 3.03. The van der Waals surface area contributed by atoms with Crippen LogP contribution >= 0.6 is 11.6 Å². The molecule has 0 unspecified atom stereocenters. The number of hydrogen-bond donors (Lipinski definition) is 0. The quantitative estimate of drug-likeness (QED) is 0.518. The molecule has 6 heteroatoms. The highest BCUT2D eigenvalue weighted by molar-refractivity contribution is 6.18. The minimum absolute atomic E-state index is 0.143. The number of aromatic nitrogens is 1. The predicted molar refractivity (Wildman–Crippen MR) is 95.8 cm³/mol. The van der Waals surface area contributed by atoms with Gasteiger partial charge in [-0.15, -0.1) is 11.6 Å². The van der Waals surface area contributed by atoms with Crippen LogP contribution in [0.3, 0.4) is 0 Å². The first-order valence-corrected chi connectivity index (χ1v) is 8.18. The van der Waals surface area contributed by atoms with Crippen molar-refractivity contribution < 1.29 is 14.0 Å². The zero-order chi connectivity index (χ0) is 18.1. The molecule has 2 aromatic carbocycles. The van der Waals surface area contributed by atoms with Crippen molar-refractivity contribution in [1.82, 2.24) is 9.47 Å². The molecule has 0 saturated carbocycles. The SMILES string of the molecule is CN(C)C(=O)n1cc(C(=O)c2ccc(CCl)cc2)c2c(F)cccc21. The second-order valence-electron chi connectivity index (χ2n) is 5.88. The summed E-state index contributed by atoms with van der Waals surface area (Å²) in [6.07, 6.45) is 1.40. The molecule has 128 valence electrons. The number of alkyl halides is 1. The molecule has 0 saturated heterocycles. The Morgan fingerprint density at radius 3 is 2.40 bits per heavy atom. The Balaban J connectivity index is 2.18. The highest BCUT2D eigenvalue weighted by Gasteiger charge is 2.22. The number of hydrogen-bond acceptors (Lipinski definition) is 2. The molecule has 1 heterocycles. The third-order valence-electron chi connectivity index (χ3n) is 3.98. The van der Waals surface area contributed by atoms with Gasteiger partial charge in [0.05, 0.1) is 11.1 Å². The van der Waals surface area contributed by atoms with E-state index in [-0.39, 0.29) is 22.8 Å². The first kappa shape index (κ1) is 17.2. The summed E-state index contributed by atoms with van der Waals surface area (Å²) >= 11 is 5.76. The lowest BCUT2D eigenvalue weighted by molar-refractivity contribution is 0.104. The van der Waals surface area contributed by atoms with Gasteiger partial charge in [-0.05, 0) is 17.7 Å². The van der Waals surface area contributed by atoms with Crippen molar-refractivity contribution in [3.63, 3.8) is 0 Å². The summed E-state index contributed by atoms with van der Waals surface area (Å²) in [5, 5.41) is 0.143. The van der Waals surface area contributed by atoms with E-state index in [0.29, 0.717) is 17.0 Å². The number of carbonyl (C=O) groups excluding carboxylic acids is 2. The number of benzene rings is 2. The van der Waals surface area contributed by atoms with Gasteiger partial charge in [0.25, 0.3) is 0 Å². The monoisotopic (exact) mass is 358 g/mol. The third-order valence-corrected chi connectivity index (χ3v) is 4.29. The molecule has 0 aliphatic rings. The molecule has 1 aromatic heterocycles. The van der Waals surface area contributed by atoms with Crippen molar-refractivity contribution in [1.29, 1.82) is 0 Å². The molecule has 1 amide bonds. The molecule has 0 aliphatic carbocycles. The molecule has 0 aliphatic heterocycles. The number of halogens is 2. The van der Waals surface area contributed by atoms with Gasteiger partial charge in [-0.3, -0.25) is 9.36 Å². The Morgan fingerprint density at radius 2 is 1.80 bits per heavy atom. The van der Waals surface area contributed by atoms with Crippen LogP contribution in [0.1, 0.15) is 21.5 Å². The van der Waals surface area contributed by atoms with Gasteiger partial charge in [0, 0.05) is 37.1 Å². The molecule has 4 nitrogen and oxygen atoms in total. The summed E-state index contributed by atoms with van der Waals surface area (Å²) in [5.74, 6) is -0.537. The van der Waals surface area contributed by atoms with Crippen LogP contribution < -0.4 is 0 Å². The van der Waals surface area contributed by atoms with Crippen LogP contribution in [0.25, 0.3) is 10.9 Å². The van der Waals surface area contributed by atoms with Crippen molar-refractivity contribution in [2.24, 2.45) is 0 Å². The van der Waals surface area contributed by atoms with Crippen LogP contribution in [-0.4, -0.2) is 35.4 Å². The van der Waals surface area contributed by atoms with E-state index in [9.17, 15) is 14.0 Å². The van der Waals surface area contributed by atoms with Gasteiger partial charge in [0.15, 0.2) is 5.78 Å². The lowest BCUT2D eigenvalue weighted by Crippen LogP contribution is -2.26. The summed E-state index contributed by atoms with van der Waals surface area (Å²) in [6.45, 7) is 0. The minimum atomic E-state index is -0.538. The van der Waals surface area contributed by atoms with Crippen LogP contribution in [0.5, 0.6) is 0 Å². The normalized spacial score (nSPS) is 10.9. The summed E-state index contributed by atoms with van der Waals surface area (Å²) in [5.41, 5.74) is 1.81. The molecule has 3 rings (SSSR count). The van der Waals surface area contributed by atoms with E-state index >= 15 is 0 Å². The summed E-state index contributed by atoms with van der Waals surface area (Å²) in [7, 11) is 3.19. The molecule has 0 N–H and O–H groups in total. The second kappa shape index (κ2) is 6.69. The first-order valence-electron chi connectivity index (χ1n) is 7.65. The molecule has 0 spiro atoms. The van der Waals surface area contributed by atoms with Crippen molar-refractivity contribution in [3.8, 4) is 0 Å². The fourth-order valence-electron chi connectivity index (χ4n) is 2.69. The van der Waals surface area contributed by atoms with E-state index < -0.39 is 5.82 Å².